The summed E-state index contributed by atoms with van der Waals surface area (Å²) in [5, 5.41) is 19.8. The van der Waals surface area contributed by atoms with Gasteiger partial charge in [-0.2, -0.15) is 0 Å². The Morgan fingerprint density at radius 2 is 1.07 bits per heavy atom. The van der Waals surface area contributed by atoms with Crippen LogP contribution in [0, 0.1) is 17.8 Å². The maximum atomic E-state index is 15.2. The number of thioether (sulfide) groups is 1. The largest absolute Gasteiger partial charge is 0.391 e. The Kier molecular flexibility index (Phi) is 31.6. The van der Waals surface area contributed by atoms with Crippen LogP contribution in [0.1, 0.15) is 132 Å². The van der Waals surface area contributed by atoms with Gasteiger partial charge in [0.05, 0.1) is 24.0 Å². The van der Waals surface area contributed by atoms with E-state index in [1.165, 1.54) is 92.6 Å². The predicted molar refractivity (Wildman–Crippen MR) is 367 cm³/mol. The van der Waals surface area contributed by atoms with Gasteiger partial charge in [0, 0.05) is 87.6 Å². The van der Waals surface area contributed by atoms with E-state index in [0.717, 1.165) is 35.9 Å². The molecular formula is C70H111N11O13S. The molecule has 0 radical (unpaired) electrons. The first kappa shape index (κ1) is 80.3. The number of carbonyl (C=O) groups is 11. The number of aliphatic hydroxyl groups is 1. The number of hydrogen-bond acceptors (Lipinski definition) is 14. The van der Waals surface area contributed by atoms with Gasteiger partial charge in [-0.15, -0.1) is 11.8 Å². The molecule has 2 aromatic rings. The number of nitrogens with one attached hydrogen (secondary N) is 3. The molecule has 2 aliphatic rings. The number of benzene rings is 2. The number of hydrogen-bond donors (Lipinski definition) is 4. The smallest absolute Gasteiger partial charge is 0.248 e. The molecule has 25 heteroatoms. The number of ether oxygens (including phenoxy) is 1. The van der Waals surface area contributed by atoms with Crippen LogP contribution in [0.4, 0.5) is 0 Å². The fraction of sp³-hybridized carbons (Fsp3) is 0.671. The van der Waals surface area contributed by atoms with Gasteiger partial charge in [0.2, 0.25) is 65.0 Å². The summed E-state index contributed by atoms with van der Waals surface area (Å²) in [4.78, 5) is 174. The van der Waals surface area contributed by atoms with Crippen molar-refractivity contribution in [2.24, 2.45) is 17.8 Å². The van der Waals surface area contributed by atoms with Crippen LogP contribution in [0.15, 0.2) is 60.7 Å². The van der Waals surface area contributed by atoms with E-state index < -0.39 is 138 Å². The van der Waals surface area contributed by atoms with Gasteiger partial charge in [-0.3, -0.25) is 52.7 Å². The minimum Gasteiger partial charge on any atom is -0.391 e. The molecule has 4 rings (SSSR count). The molecule has 2 fully saturated rings. The molecule has 2 aliphatic heterocycles. The lowest BCUT2D eigenvalue weighted by atomic mass is 9.95. The molecule has 11 atom stereocenters. The summed E-state index contributed by atoms with van der Waals surface area (Å²) < 4.78 is 6.08. The van der Waals surface area contributed by atoms with Crippen molar-refractivity contribution in [1.29, 1.82) is 0 Å². The molecule has 0 aliphatic carbocycles. The van der Waals surface area contributed by atoms with E-state index in [1.807, 2.05) is 73.6 Å². The third kappa shape index (κ3) is 23.3. The Hall–Kier alpha value is -7.12. The highest BCUT2D eigenvalue weighted by Gasteiger charge is 2.43. The first-order valence-corrected chi connectivity index (χ1v) is 34.7. The standard InChI is InChI=1S/C70H111N11O13S/c1-19-46(6)60-63(87)72-52(66(90)81-34-27-22-28-35-81)42-95-43-58(84)77(15)55(39-49-29-23-20-24-30-49)67(91)75(13)47(7)64(88)79(17)56(40-50-31-25-21-26-32-50)68(92)78(16)54(38-45(4)5)62(86)73-59(48(8)82)69(93)74(12)41-57(83)76(14)53(37-44(2)3)61(85)71-51(65(89)80(60)18)33-36-94-70(9,10)11/h20-21,23-26,29-32,44-48,51-56,59-60,82H,19,22,27-28,33-43H2,1-18H3,(H,71,85)(H,72,87)(H,73,86)/t46-,47-,48+,51-,52-,53-,54-,55-,56-,59-,60-/m0/s1. The first-order valence-electron chi connectivity index (χ1n) is 33.5. The second-order valence-electron chi connectivity index (χ2n) is 27.7. The van der Waals surface area contributed by atoms with Crippen molar-refractivity contribution in [1.82, 2.24) is 55.1 Å². The summed E-state index contributed by atoms with van der Waals surface area (Å²) in [6.45, 7) is 19.7. The average molecular weight is 1350 g/mol. The summed E-state index contributed by atoms with van der Waals surface area (Å²) in [6, 6.07) is 6.58. The fourth-order valence-electron chi connectivity index (χ4n) is 11.8. The number of rotatable bonds is 15. The van der Waals surface area contributed by atoms with Crippen LogP contribution in [-0.4, -0.2) is 262 Å². The molecule has 95 heavy (non-hydrogen) atoms. The molecule has 0 unspecified atom stereocenters. The van der Waals surface area contributed by atoms with E-state index in [-0.39, 0.29) is 68.0 Å². The van der Waals surface area contributed by atoms with E-state index in [0.29, 0.717) is 30.6 Å². The number of nitrogens with zero attached hydrogens (tertiary/aromatic N) is 8. The number of likely N-dealkylation sites (tertiary alicyclic amines) is 1. The van der Waals surface area contributed by atoms with Crippen LogP contribution in [0.3, 0.4) is 0 Å². The van der Waals surface area contributed by atoms with Crippen molar-refractivity contribution in [2.75, 3.05) is 87.1 Å². The molecule has 530 valence electrons. The normalized spacial score (nSPS) is 25.3. The Balaban J connectivity index is 1.92. The summed E-state index contributed by atoms with van der Waals surface area (Å²) in [6.07, 6.45) is 1.45. The minimum absolute atomic E-state index is 0.00311. The molecular weight excluding hydrogens is 1230 g/mol. The highest BCUT2D eigenvalue weighted by molar-refractivity contribution is 8.00. The highest BCUT2D eigenvalue weighted by Crippen LogP contribution is 2.24. The van der Waals surface area contributed by atoms with Crippen molar-refractivity contribution in [3.05, 3.63) is 71.8 Å². The van der Waals surface area contributed by atoms with Gasteiger partial charge < -0.3 is 65.0 Å². The van der Waals surface area contributed by atoms with Gasteiger partial charge in [-0.25, -0.2) is 0 Å². The van der Waals surface area contributed by atoms with Crippen molar-refractivity contribution >= 4 is 76.7 Å². The maximum absolute atomic E-state index is 15.2. The average Bonchev–Trinajstić information content (AvgIpc) is 0.848. The van der Waals surface area contributed by atoms with E-state index in [1.54, 1.807) is 54.3 Å². The fourth-order valence-corrected chi connectivity index (χ4v) is 12.8. The van der Waals surface area contributed by atoms with Crippen molar-refractivity contribution in [3.63, 3.8) is 0 Å². The van der Waals surface area contributed by atoms with Crippen LogP contribution in [-0.2, 0) is 70.3 Å². The lowest BCUT2D eigenvalue weighted by Crippen LogP contribution is -2.61. The van der Waals surface area contributed by atoms with Crippen LogP contribution >= 0.6 is 11.8 Å². The molecule has 11 amide bonds. The van der Waals surface area contributed by atoms with Gasteiger partial charge in [-0.1, -0.05) is 109 Å². The number of amides is 11. The monoisotopic (exact) mass is 1350 g/mol. The molecule has 2 aromatic carbocycles. The molecule has 0 aromatic heterocycles. The Labute approximate surface area is 568 Å². The summed E-state index contributed by atoms with van der Waals surface area (Å²) in [5.41, 5.74) is 0.739. The third-order valence-electron chi connectivity index (χ3n) is 18.1. The van der Waals surface area contributed by atoms with Gasteiger partial charge in [0.25, 0.3) is 0 Å². The molecule has 0 bridgehead atoms. The zero-order valence-corrected chi connectivity index (χ0v) is 60.5. The van der Waals surface area contributed by atoms with E-state index >= 15 is 24.0 Å². The summed E-state index contributed by atoms with van der Waals surface area (Å²) in [7, 11) is 9.98. The van der Waals surface area contributed by atoms with E-state index in [4.69, 9.17) is 4.74 Å². The molecule has 4 N–H and O–H groups in total. The zero-order valence-electron chi connectivity index (χ0n) is 59.7. The van der Waals surface area contributed by atoms with E-state index in [9.17, 15) is 33.9 Å². The zero-order chi connectivity index (χ0) is 71.3. The second kappa shape index (κ2) is 37.4. The second-order valence-corrected chi connectivity index (χ2v) is 28.7. The van der Waals surface area contributed by atoms with Crippen LogP contribution in [0.25, 0.3) is 0 Å². The van der Waals surface area contributed by atoms with Gasteiger partial charge in [0.15, 0.2) is 0 Å². The lowest BCUT2D eigenvalue weighted by Gasteiger charge is -2.38. The van der Waals surface area contributed by atoms with Crippen LogP contribution in [0.5, 0.6) is 0 Å². The SMILES string of the molecule is CC[C@H](C)[C@H]1C(=O)N[C@H](C(=O)N2CCCCC2)CSCC(=O)N(C)[C@@H](Cc2ccccc2)C(=O)N(C)[C@@H](C)C(=O)N(C)[C@@H](Cc2ccccc2)C(=O)N(C)[C@@H](CC(C)C)C(=O)N[C@@H]([C@@H](C)O)C(=O)N(C)CC(=O)N(C)[C@@H](CC(C)C)C(=O)N[C@@H](CCOC(C)(C)C)C(=O)N1C. The lowest BCUT2D eigenvalue weighted by molar-refractivity contribution is -0.153. The van der Waals surface area contributed by atoms with Crippen molar-refractivity contribution in [3.8, 4) is 0 Å². The number of carbonyl (C=O) groups excluding carboxylic acids is 11. The van der Waals surface area contributed by atoms with Gasteiger partial charge >= 0.3 is 0 Å². The molecule has 2 heterocycles. The molecule has 0 spiro atoms. The quantitative estimate of drug-likeness (QED) is 0.197. The maximum Gasteiger partial charge on any atom is 0.248 e. The van der Waals surface area contributed by atoms with Crippen molar-refractivity contribution < 1.29 is 62.6 Å². The number of piperidine rings is 1. The van der Waals surface area contributed by atoms with Gasteiger partial charge in [-0.05, 0) is 102 Å². The van der Waals surface area contributed by atoms with Crippen LogP contribution < -0.4 is 16.0 Å². The molecule has 0 saturated carbocycles. The van der Waals surface area contributed by atoms with Crippen molar-refractivity contribution in [2.45, 2.75) is 200 Å². The minimum atomic E-state index is -1.64. The predicted octanol–water partition coefficient (Wildman–Crippen LogP) is 3.85. The highest BCUT2D eigenvalue weighted by atomic mass is 32.2. The Morgan fingerprint density at radius 1 is 0.589 bits per heavy atom. The summed E-state index contributed by atoms with van der Waals surface area (Å²) >= 11 is 1.09. The van der Waals surface area contributed by atoms with Gasteiger partial charge in [0.1, 0.15) is 54.4 Å². The first-order chi connectivity index (χ1) is 44.5. The van der Waals surface area contributed by atoms with E-state index in [2.05, 4.69) is 16.0 Å². The van der Waals surface area contributed by atoms with Crippen LogP contribution in [0.2, 0.25) is 0 Å². The summed E-state index contributed by atoms with van der Waals surface area (Å²) in [5.74, 6) is -8.31. The molecule has 24 nitrogen and oxygen atoms in total. The number of likely N-dealkylation sites (N-methyl/N-ethyl adjacent to an activating group) is 7. The third-order valence-corrected chi connectivity index (χ3v) is 19.1. The Bertz CT molecular complexity index is 2910. The molecule has 2 saturated heterocycles. The topological polar surface area (TPSA) is 279 Å². The Morgan fingerprint density at radius 3 is 1.58 bits per heavy atom. The number of aliphatic hydroxyl groups excluding tert-OH is 1.